The molecule has 0 fully saturated rings. The van der Waals surface area contributed by atoms with Gasteiger partial charge < -0.3 is 10.2 Å². The van der Waals surface area contributed by atoms with Gasteiger partial charge in [-0.1, -0.05) is 36.4 Å². The molecule has 4 rings (SSSR count). The van der Waals surface area contributed by atoms with Crippen LogP contribution < -0.4 is 0 Å². The monoisotopic (exact) mass is 316 g/mol. The lowest BCUT2D eigenvalue weighted by molar-refractivity contribution is 0.0687. The van der Waals surface area contributed by atoms with Crippen LogP contribution in [0, 0.1) is 0 Å². The number of carboxylic acid groups (broad SMARTS) is 2. The van der Waals surface area contributed by atoms with E-state index in [0.717, 1.165) is 10.8 Å². The normalized spacial score (nSPS) is 11.2. The van der Waals surface area contributed by atoms with Crippen molar-refractivity contribution < 1.29 is 19.8 Å². The van der Waals surface area contributed by atoms with Gasteiger partial charge in [0.15, 0.2) is 0 Å². The molecule has 0 radical (unpaired) electrons. The Morgan fingerprint density at radius 2 is 1.29 bits per heavy atom. The number of fused-ring (bicyclic) bond motifs is 3. The predicted octanol–water partition coefficient (Wildman–Crippen LogP) is 4.54. The Labute approximate surface area is 136 Å². The van der Waals surface area contributed by atoms with Crippen LogP contribution in [-0.2, 0) is 0 Å². The second-order valence-electron chi connectivity index (χ2n) is 5.68. The van der Waals surface area contributed by atoms with Gasteiger partial charge in [-0.25, -0.2) is 9.59 Å². The summed E-state index contributed by atoms with van der Waals surface area (Å²) in [5, 5.41) is 23.3. The molecule has 0 aliphatic heterocycles. The first-order valence-electron chi connectivity index (χ1n) is 7.41. The first-order valence-corrected chi connectivity index (χ1v) is 7.41. The Balaban J connectivity index is 2.28. The van der Waals surface area contributed by atoms with Gasteiger partial charge in [0, 0.05) is 0 Å². The zero-order valence-corrected chi connectivity index (χ0v) is 12.5. The number of aromatic carboxylic acids is 2. The molecule has 0 unspecified atom stereocenters. The van der Waals surface area contributed by atoms with Crippen LogP contribution in [0.5, 0.6) is 0 Å². The molecule has 4 aromatic carbocycles. The van der Waals surface area contributed by atoms with Gasteiger partial charge in [0.2, 0.25) is 0 Å². The topological polar surface area (TPSA) is 74.6 Å². The smallest absolute Gasteiger partial charge is 0.336 e. The molecule has 0 saturated heterocycles. The average molecular weight is 316 g/mol. The summed E-state index contributed by atoms with van der Waals surface area (Å²) >= 11 is 0. The molecular formula is C20H12O4. The summed E-state index contributed by atoms with van der Waals surface area (Å²) in [6.45, 7) is 0. The Morgan fingerprint density at radius 3 is 1.96 bits per heavy atom. The second-order valence-corrected chi connectivity index (χ2v) is 5.68. The fourth-order valence-corrected chi connectivity index (χ4v) is 3.25. The maximum Gasteiger partial charge on any atom is 0.336 e. The maximum absolute atomic E-state index is 11.9. The standard InChI is InChI=1S/C20H12O4/c21-19(22)15-7-3-6-14-17(15)10-13-8-11-4-1-2-5-12(11)9-16(13)18(14)20(23)24/h1-10H,(H,21,22)(H,23,24). The van der Waals surface area contributed by atoms with E-state index in [4.69, 9.17) is 0 Å². The van der Waals surface area contributed by atoms with E-state index in [9.17, 15) is 19.8 Å². The fraction of sp³-hybridized carbons (Fsp3) is 0. The highest BCUT2D eigenvalue weighted by molar-refractivity contribution is 6.20. The lowest BCUT2D eigenvalue weighted by Crippen LogP contribution is -2.03. The molecule has 2 N–H and O–H groups in total. The van der Waals surface area contributed by atoms with Crippen LogP contribution in [0.25, 0.3) is 32.3 Å². The predicted molar refractivity (Wildman–Crippen MR) is 92.9 cm³/mol. The largest absolute Gasteiger partial charge is 0.478 e. The Hall–Kier alpha value is -3.40. The van der Waals surface area contributed by atoms with Crippen LogP contribution in [0.1, 0.15) is 20.7 Å². The number of hydrogen-bond donors (Lipinski definition) is 2. The minimum Gasteiger partial charge on any atom is -0.478 e. The SMILES string of the molecule is O=C(O)c1cccc2c(C(=O)O)c3cc4ccccc4cc3cc12. The zero-order chi connectivity index (χ0) is 16.8. The van der Waals surface area contributed by atoms with Gasteiger partial charge in [-0.3, -0.25) is 0 Å². The van der Waals surface area contributed by atoms with Crippen molar-refractivity contribution in [2.45, 2.75) is 0 Å². The summed E-state index contributed by atoms with van der Waals surface area (Å²) in [6.07, 6.45) is 0. The lowest BCUT2D eigenvalue weighted by Gasteiger charge is -2.11. The number of benzene rings is 4. The van der Waals surface area contributed by atoms with Crippen LogP contribution in [0.3, 0.4) is 0 Å². The highest BCUT2D eigenvalue weighted by Crippen LogP contribution is 2.33. The van der Waals surface area contributed by atoms with Crippen LogP contribution in [-0.4, -0.2) is 22.2 Å². The number of carbonyl (C=O) groups is 2. The number of rotatable bonds is 2. The van der Waals surface area contributed by atoms with Gasteiger partial charge in [-0.2, -0.15) is 0 Å². The van der Waals surface area contributed by atoms with E-state index in [-0.39, 0.29) is 11.1 Å². The summed E-state index contributed by atoms with van der Waals surface area (Å²) in [4.78, 5) is 23.4. The van der Waals surface area contributed by atoms with Gasteiger partial charge in [0.05, 0.1) is 11.1 Å². The maximum atomic E-state index is 11.9. The molecule has 0 atom stereocenters. The molecule has 4 nitrogen and oxygen atoms in total. The van der Waals surface area contributed by atoms with Crippen LogP contribution in [0.2, 0.25) is 0 Å². The molecule has 116 valence electrons. The van der Waals surface area contributed by atoms with Gasteiger partial charge in [0.1, 0.15) is 0 Å². The zero-order valence-electron chi connectivity index (χ0n) is 12.5. The average Bonchev–Trinajstić information content (AvgIpc) is 2.56. The van der Waals surface area contributed by atoms with Gasteiger partial charge in [-0.15, -0.1) is 0 Å². The van der Waals surface area contributed by atoms with Gasteiger partial charge in [-0.05, 0) is 56.6 Å². The molecule has 4 aromatic rings. The third-order valence-corrected chi connectivity index (χ3v) is 4.31. The van der Waals surface area contributed by atoms with Crippen molar-refractivity contribution in [2.24, 2.45) is 0 Å². The van der Waals surface area contributed by atoms with E-state index < -0.39 is 11.9 Å². The molecule has 4 heteroatoms. The summed E-state index contributed by atoms with van der Waals surface area (Å²) in [5.41, 5.74) is 0.237. The second kappa shape index (κ2) is 5.06. The molecule has 0 aromatic heterocycles. The molecular weight excluding hydrogens is 304 g/mol. The van der Waals surface area contributed by atoms with Crippen molar-refractivity contribution in [3.8, 4) is 0 Å². The molecule has 0 saturated carbocycles. The van der Waals surface area contributed by atoms with Gasteiger partial charge in [0.25, 0.3) is 0 Å². The Morgan fingerprint density at radius 1 is 0.625 bits per heavy atom. The summed E-state index contributed by atoms with van der Waals surface area (Å²) in [6, 6.07) is 17.9. The van der Waals surface area contributed by atoms with Crippen LogP contribution in [0.15, 0.2) is 60.7 Å². The Bertz CT molecular complexity index is 1160. The van der Waals surface area contributed by atoms with E-state index in [0.29, 0.717) is 21.5 Å². The van der Waals surface area contributed by atoms with Crippen molar-refractivity contribution in [3.05, 3.63) is 71.8 Å². The van der Waals surface area contributed by atoms with Crippen molar-refractivity contribution in [1.82, 2.24) is 0 Å². The van der Waals surface area contributed by atoms with Gasteiger partial charge >= 0.3 is 11.9 Å². The van der Waals surface area contributed by atoms with E-state index >= 15 is 0 Å². The highest BCUT2D eigenvalue weighted by Gasteiger charge is 2.18. The molecule has 0 aliphatic rings. The lowest BCUT2D eigenvalue weighted by atomic mass is 9.92. The minimum atomic E-state index is -1.07. The third kappa shape index (κ3) is 2.01. The van der Waals surface area contributed by atoms with E-state index in [2.05, 4.69) is 0 Å². The molecule has 0 amide bonds. The highest BCUT2D eigenvalue weighted by atomic mass is 16.4. The van der Waals surface area contributed by atoms with Crippen LogP contribution >= 0.6 is 0 Å². The minimum absolute atomic E-state index is 0.102. The van der Waals surface area contributed by atoms with Crippen molar-refractivity contribution in [3.63, 3.8) is 0 Å². The molecule has 0 spiro atoms. The summed E-state index contributed by atoms with van der Waals surface area (Å²) in [5.74, 6) is -2.14. The number of hydrogen-bond acceptors (Lipinski definition) is 2. The number of carboxylic acids is 2. The van der Waals surface area contributed by atoms with Crippen LogP contribution in [0.4, 0.5) is 0 Å². The quantitative estimate of drug-likeness (QED) is 0.532. The molecule has 0 aliphatic carbocycles. The first kappa shape index (κ1) is 14.2. The van der Waals surface area contributed by atoms with Crippen molar-refractivity contribution in [2.75, 3.05) is 0 Å². The third-order valence-electron chi connectivity index (χ3n) is 4.31. The van der Waals surface area contributed by atoms with E-state index in [1.54, 1.807) is 18.2 Å². The Kier molecular flexibility index (Phi) is 3.00. The molecule has 0 bridgehead atoms. The van der Waals surface area contributed by atoms with E-state index in [1.165, 1.54) is 6.07 Å². The summed E-state index contributed by atoms with van der Waals surface area (Å²) < 4.78 is 0. The molecule has 24 heavy (non-hydrogen) atoms. The van der Waals surface area contributed by atoms with Crippen molar-refractivity contribution >= 4 is 44.3 Å². The summed E-state index contributed by atoms with van der Waals surface area (Å²) in [7, 11) is 0. The van der Waals surface area contributed by atoms with Crippen molar-refractivity contribution in [1.29, 1.82) is 0 Å². The molecule has 0 heterocycles. The first-order chi connectivity index (χ1) is 11.6. The van der Waals surface area contributed by atoms with E-state index in [1.807, 2.05) is 36.4 Å². The fourth-order valence-electron chi connectivity index (χ4n) is 3.25.